The molecule has 2 aromatic rings. The number of carbonyl (C=O) groups excluding carboxylic acids is 2. The summed E-state index contributed by atoms with van der Waals surface area (Å²) in [6.07, 6.45) is 2.16. The van der Waals surface area contributed by atoms with Crippen LogP contribution in [-0.4, -0.2) is 54.8 Å². The lowest BCUT2D eigenvalue weighted by Crippen LogP contribution is -2.47. The first-order valence-electron chi connectivity index (χ1n) is 9.33. The second-order valence-electron chi connectivity index (χ2n) is 7.48. The van der Waals surface area contributed by atoms with Crippen molar-refractivity contribution in [2.24, 2.45) is 5.73 Å². The molecule has 0 aromatic heterocycles. The number of rotatable bonds is 4. The van der Waals surface area contributed by atoms with Crippen LogP contribution in [0.15, 0.2) is 42.5 Å². The van der Waals surface area contributed by atoms with Crippen molar-refractivity contribution in [1.82, 2.24) is 9.80 Å². The molecule has 2 N–H and O–H groups in total. The van der Waals surface area contributed by atoms with Gasteiger partial charge in [0.05, 0.1) is 0 Å². The fraction of sp³-hybridized carbons (Fsp3) is 0.364. The van der Waals surface area contributed by atoms with Gasteiger partial charge < -0.3 is 15.5 Å². The molecule has 0 aliphatic carbocycles. The number of aryl methyl sites for hydroxylation is 1. The molecule has 1 fully saturated rings. The summed E-state index contributed by atoms with van der Waals surface area (Å²) in [4.78, 5) is 28.5. The van der Waals surface area contributed by atoms with Crippen molar-refractivity contribution in [3.63, 3.8) is 0 Å². The van der Waals surface area contributed by atoms with Crippen molar-refractivity contribution in [3.05, 3.63) is 59.2 Å². The first-order valence-corrected chi connectivity index (χ1v) is 9.33. The van der Waals surface area contributed by atoms with Crippen LogP contribution >= 0.6 is 0 Å². The smallest absolute Gasteiger partial charge is 0.253 e. The first kappa shape index (κ1) is 19.1. The van der Waals surface area contributed by atoms with Crippen LogP contribution in [-0.2, 0) is 0 Å². The second-order valence-corrected chi connectivity index (χ2v) is 7.48. The minimum Gasteiger partial charge on any atom is -0.366 e. The average Bonchev–Trinajstić information content (AvgIpc) is 2.68. The fourth-order valence-corrected chi connectivity index (χ4v) is 3.62. The highest BCUT2D eigenvalue weighted by molar-refractivity contribution is 5.96. The van der Waals surface area contributed by atoms with Crippen molar-refractivity contribution >= 4 is 11.8 Å². The zero-order chi connectivity index (χ0) is 19.6. The van der Waals surface area contributed by atoms with Gasteiger partial charge in [0, 0.05) is 30.3 Å². The molecule has 0 spiro atoms. The molecular weight excluding hydrogens is 338 g/mol. The Balaban J connectivity index is 1.80. The van der Waals surface area contributed by atoms with Gasteiger partial charge >= 0.3 is 0 Å². The number of likely N-dealkylation sites (N-methyl/N-ethyl adjacent to an activating group) is 1. The lowest BCUT2D eigenvalue weighted by atomic mass is 9.96. The summed E-state index contributed by atoms with van der Waals surface area (Å²) in [5.74, 6) is -0.362. The third-order valence-electron chi connectivity index (χ3n) is 5.38. The molecular formula is C22H27N3O2. The van der Waals surface area contributed by atoms with Gasteiger partial charge in [-0.1, -0.05) is 18.2 Å². The molecule has 3 rings (SSSR count). The topological polar surface area (TPSA) is 66.6 Å². The normalized spacial score (nSPS) is 17.2. The monoisotopic (exact) mass is 365 g/mol. The molecule has 5 nitrogen and oxygen atoms in total. The summed E-state index contributed by atoms with van der Waals surface area (Å²) in [6.45, 7) is 3.58. The van der Waals surface area contributed by atoms with Gasteiger partial charge in [-0.05, 0) is 74.8 Å². The summed E-state index contributed by atoms with van der Waals surface area (Å²) in [5, 5.41) is 0. The van der Waals surface area contributed by atoms with Crippen LogP contribution in [0.1, 0.15) is 39.1 Å². The van der Waals surface area contributed by atoms with Crippen LogP contribution in [0.4, 0.5) is 0 Å². The number of hydrogen-bond donors (Lipinski definition) is 1. The molecule has 0 unspecified atom stereocenters. The Kier molecular flexibility index (Phi) is 5.61. The molecule has 1 aliphatic heterocycles. The number of nitrogens with two attached hydrogens (primary N) is 1. The van der Waals surface area contributed by atoms with Crippen molar-refractivity contribution in [2.75, 3.05) is 27.2 Å². The number of amides is 2. The van der Waals surface area contributed by atoms with E-state index in [0.717, 1.165) is 42.6 Å². The van der Waals surface area contributed by atoms with E-state index in [2.05, 4.69) is 19.0 Å². The van der Waals surface area contributed by atoms with E-state index >= 15 is 0 Å². The van der Waals surface area contributed by atoms with Gasteiger partial charge in [0.2, 0.25) is 5.91 Å². The van der Waals surface area contributed by atoms with E-state index < -0.39 is 5.91 Å². The van der Waals surface area contributed by atoms with E-state index in [1.54, 1.807) is 12.1 Å². The molecule has 142 valence electrons. The third kappa shape index (κ3) is 4.19. The van der Waals surface area contributed by atoms with E-state index in [1.165, 1.54) is 0 Å². The number of likely N-dealkylation sites (tertiary alicyclic amines) is 1. The molecule has 27 heavy (non-hydrogen) atoms. The highest BCUT2D eigenvalue weighted by atomic mass is 16.2. The van der Waals surface area contributed by atoms with Crippen molar-refractivity contribution in [2.45, 2.75) is 25.8 Å². The van der Waals surface area contributed by atoms with Crippen LogP contribution in [0.3, 0.4) is 0 Å². The van der Waals surface area contributed by atoms with Crippen molar-refractivity contribution in [1.29, 1.82) is 0 Å². The Labute approximate surface area is 160 Å². The molecule has 2 amide bonds. The largest absolute Gasteiger partial charge is 0.366 e. The van der Waals surface area contributed by atoms with Gasteiger partial charge in [0.25, 0.3) is 5.91 Å². The van der Waals surface area contributed by atoms with Gasteiger partial charge in [0.15, 0.2) is 0 Å². The molecule has 5 heteroatoms. The molecule has 1 atom stereocenters. The number of carbonyl (C=O) groups is 2. The number of benzene rings is 2. The van der Waals surface area contributed by atoms with Gasteiger partial charge in [-0.15, -0.1) is 0 Å². The van der Waals surface area contributed by atoms with Crippen LogP contribution in [0.5, 0.6) is 0 Å². The highest BCUT2D eigenvalue weighted by Crippen LogP contribution is 2.26. The van der Waals surface area contributed by atoms with E-state index in [4.69, 9.17) is 5.73 Å². The summed E-state index contributed by atoms with van der Waals surface area (Å²) >= 11 is 0. The number of primary amides is 1. The Morgan fingerprint density at radius 3 is 2.37 bits per heavy atom. The van der Waals surface area contributed by atoms with E-state index in [1.807, 2.05) is 42.2 Å². The predicted molar refractivity (Wildman–Crippen MR) is 108 cm³/mol. The quantitative estimate of drug-likeness (QED) is 0.906. The number of hydrogen-bond acceptors (Lipinski definition) is 3. The maximum absolute atomic E-state index is 12.9. The molecule has 0 bridgehead atoms. The van der Waals surface area contributed by atoms with E-state index in [9.17, 15) is 9.59 Å². The fourth-order valence-electron chi connectivity index (χ4n) is 3.62. The lowest BCUT2D eigenvalue weighted by Gasteiger charge is -2.36. The van der Waals surface area contributed by atoms with Gasteiger partial charge in [0.1, 0.15) is 0 Å². The number of nitrogens with zero attached hydrogens (tertiary/aromatic N) is 2. The van der Waals surface area contributed by atoms with E-state index in [-0.39, 0.29) is 5.91 Å². The SMILES string of the molecule is Cc1ccc(C(N)=O)cc1-c1ccc(C(=O)N2CCC[C@@H](N(C)C)C2)cc1. The Hall–Kier alpha value is -2.66. The zero-order valence-corrected chi connectivity index (χ0v) is 16.2. The maximum atomic E-state index is 12.9. The van der Waals surface area contributed by atoms with Crippen molar-refractivity contribution < 1.29 is 9.59 Å². The number of piperidine rings is 1. The van der Waals surface area contributed by atoms with Gasteiger partial charge in [-0.3, -0.25) is 9.59 Å². The standard InChI is InChI=1S/C22H27N3O2/c1-15-6-7-18(21(23)26)13-20(15)16-8-10-17(11-9-16)22(27)25-12-4-5-19(14-25)24(2)3/h6-11,13,19H,4-5,12,14H2,1-3H3,(H2,23,26)/t19-/m1/s1. The summed E-state index contributed by atoms with van der Waals surface area (Å²) in [6, 6.07) is 13.5. The molecule has 0 saturated carbocycles. The van der Waals surface area contributed by atoms with Crippen LogP contribution in [0.2, 0.25) is 0 Å². The van der Waals surface area contributed by atoms with Crippen LogP contribution in [0, 0.1) is 6.92 Å². The van der Waals surface area contributed by atoms with E-state index in [0.29, 0.717) is 17.2 Å². The maximum Gasteiger partial charge on any atom is 0.253 e. The second kappa shape index (κ2) is 7.92. The average molecular weight is 365 g/mol. The third-order valence-corrected chi connectivity index (χ3v) is 5.38. The van der Waals surface area contributed by atoms with Gasteiger partial charge in [-0.25, -0.2) is 0 Å². The van der Waals surface area contributed by atoms with Crippen LogP contribution < -0.4 is 5.73 Å². The molecule has 2 aromatic carbocycles. The van der Waals surface area contributed by atoms with Crippen LogP contribution in [0.25, 0.3) is 11.1 Å². The van der Waals surface area contributed by atoms with Gasteiger partial charge in [-0.2, -0.15) is 0 Å². The minimum atomic E-state index is -0.441. The lowest BCUT2D eigenvalue weighted by molar-refractivity contribution is 0.0635. The minimum absolute atomic E-state index is 0.0794. The summed E-state index contributed by atoms with van der Waals surface area (Å²) in [7, 11) is 4.13. The molecule has 1 saturated heterocycles. The molecule has 0 radical (unpaired) electrons. The molecule has 1 aliphatic rings. The summed E-state index contributed by atoms with van der Waals surface area (Å²) < 4.78 is 0. The Bertz CT molecular complexity index is 843. The Morgan fingerprint density at radius 1 is 1.07 bits per heavy atom. The highest BCUT2D eigenvalue weighted by Gasteiger charge is 2.25. The first-order chi connectivity index (χ1) is 12.9. The zero-order valence-electron chi connectivity index (χ0n) is 16.2. The van der Waals surface area contributed by atoms with Crippen molar-refractivity contribution in [3.8, 4) is 11.1 Å². The predicted octanol–water partition coefficient (Wildman–Crippen LogP) is 2.93. The summed E-state index contributed by atoms with van der Waals surface area (Å²) in [5.41, 5.74) is 9.56. The Morgan fingerprint density at radius 2 is 1.74 bits per heavy atom. The molecule has 1 heterocycles.